The molecular formula is C34H27Cl2N3O4. The maximum absolute atomic E-state index is 14.3. The quantitative estimate of drug-likeness (QED) is 0.265. The van der Waals surface area contributed by atoms with Crippen molar-refractivity contribution >= 4 is 64.6 Å². The van der Waals surface area contributed by atoms with Gasteiger partial charge in [-0.2, -0.15) is 0 Å². The van der Waals surface area contributed by atoms with Gasteiger partial charge in [-0.3, -0.25) is 9.69 Å². The predicted octanol–water partition coefficient (Wildman–Crippen LogP) is 7.16. The van der Waals surface area contributed by atoms with Crippen LogP contribution in [0.5, 0.6) is 0 Å². The smallest absolute Gasteiger partial charge is 0.330 e. The summed E-state index contributed by atoms with van der Waals surface area (Å²) in [5.74, 6) is -2.20. The average Bonchev–Trinajstić information content (AvgIpc) is 3.20. The van der Waals surface area contributed by atoms with Crippen molar-refractivity contribution < 1.29 is 19.5 Å². The van der Waals surface area contributed by atoms with Crippen molar-refractivity contribution in [3.05, 3.63) is 129 Å². The molecule has 7 nitrogen and oxygen atoms in total. The number of nitrogens with zero attached hydrogens (tertiary/aromatic N) is 3. The van der Waals surface area contributed by atoms with Crippen molar-refractivity contribution in [3.8, 4) is 0 Å². The van der Waals surface area contributed by atoms with Crippen molar-refractivity contribution in [2.45, 2.75) is 12.0 Å². The Morgan fingerprint density at radius 2 is 1.33 bits per heavy atom. The number of anilines is 2. The van der Waals surface area contributed by atoms with Crippen LogP contribution >= 0.6 is 23.2 Å². The molecule has 216 valence electrons. The van der Waals surface area contributed by atoms with E-state index in [2.05, 4.69) is 0 Å². The SMILES string of the molecule is O=C(O)[C@@H]1CN(C(=O)C(c2ccccc2)c2ccc(Cl)c(Cl)c2)CCN1C(=O)N1c2ccccc2C=Cc2ccccc21. The predicted molar refractivity (Wildman–Crippen MR) is 169 cm³/mol. The standard InChI is InChI=1S/C34H27Cl2N3O4/c35-26-17-16-25(20-27(26)36)31(24-10-2-1-3-11-24)32(40)37-18-19-38(30(21-37)33(41)42)34(43)39-28-12-6-4-8-22(28)14-15-23-9-5-7-13-29(23)39/h1-17,20,30-31H,18-19,21H2,(H,41,42)/t30-,31?/m0/s1. The Labute approximate surface area is 259 Å². The topological polar surface area (TPSA) is 81.2 Å². The normalized spacial score (nSPS) is 16.6. The first-order chi connectivity index (χ1) is 20.8. The zero-order valence-corrected chi connectivity index (χ0v) is 24.4. The third-order valence-corrected chi connectivity index (χ3v) is 8.61. The molecule has 0 spiro atoms. The van der Waals surface area contributed by atoms with Gasteiger partial charge in [-0.1, -0.05) is 108 Å². The van der Waals surface area contributed by atoms with E-state index in [0.29, 0.717) is 27.0 Å². The molecule has 4 aromatic carbocycles. The first-order valence-electron chi connectivity index (χ1n) is 13.8. The maximum atomic E-state index is 14.3. The highest BCUT2D eigenvalue weighted by atomic mass is 35.5. The first kappa shape index (κ1) is 28.5. The molecule has 1 N–H and O–H groups in total. The molecule has 0 aromatic heterocycles. The molecule has 1 unspecified atom stereocenters. The van der Waals surface area contributed by atoms with E-state index in [-0.39, 0.29) is 25.5 Å². The number of carbonyl (C=O) groups excluding carboxylic acids is 2. The molecule has 4 aromatic rings. The molecule has 1 saturated heterocycles. The number of urea groups is 1. The van der Waals surface area contributed by atoms with Gasteiger partial charge in [0.2, 0.25) is 5.91 Å². The van der Waals surface area contributed by atoms with E-state index in [1.165, 1.54) is 9.80 Å². The summed E-state index contributed by atoms with van der Waals surface area (Å²) in [4.78, 5) is 45.6. The third kappa shape index (κ3) is 5.49. The second kappa shape index (κ2) is 12.0. The number of carboxylic acids is 1. The lowest BCUT2D eigenvalue weighted by atomic mass is 9.89. The van der Waals surface area contributed by atoms with Crippen LogP contribution < -0.4 is 4.90 Å². The third-order valence-electron chi connectivity index (χ3n) is 7.87. The number of benzene rings is 4. The molecule has 43 heavy (non-hydrogen) atoms. The van der Waals surface area contributed by atoms with Gasteiger partial charge in [-0.25, -0.2) is 9.59 Å². The van der Waals surface area contributed by atoms with Crippen LogP contribution in [-0.2, 0) is 9.59 Å². The van der Waals surface area contributed by atoms with Gasteiger partial charge in [-0.15, -0.1) is 0 Å². The van der Waals surface area contributed by atoms with Gasteiger partial charge in [0.1, 0.15) is 6.04 Å². The average molecular weight is 613 g/mol. The van der Waals surface area contributed by atoms with Crippen LogP contribution in [0.1, 0.15) is 28.2 Å². The second-order valence-corrected chi connectivity index (χ2v) is 11.2. The minimum Gasteiger partial charge on any atom is -0.480 e. The summed E-state index contributed by atoms with van der Waals surface area (Å²) < 4.78 is 0. The van der Waals surface area contributed by atoms with E-state index in [0.717, 1.165) is 16.7 Å². The fourth-order valence-corrected chi connectivity index (χ4v) is 6.04. The highest BCUT2D eigenvalue weighted by Crippen LogP contribution is 2.38. The molecule has 6 rings (SSSR count). The zero-order valence-electron chi connectivity index (χ0n) is 22.9. The van der Waals surface area contributed by atoms with Crippen molar-refractivity contribution in [3.63, 3.8) is 0 Å². The van der Waals surface area contributed by atoms with Gasteiger partial charge in [0.15, 0.2) is 0 Å². The van der Waals surface area contributed by atoms with Crippen molar-refractivity contribution in [2.75, 3.05) is 24.5 Å². The minimum absolute atomic E-state index is 0.0404. The second-order valence-electron chi connectivity index (χ2n) is 10.4. The van der Waals surface area contributed by atoms with E-state index < -0.39 is 24.0 Å². The number of halogens is 2. The van der Waals surface area contributed by atoms with Gasteiger partial charge in [0, 0.05) is 13.1 Å². The molecule has 0 aliphatic carbocycles. The number of carboxylic acid groups (broad SMARTS) is 1. The molecule has 9 heteroatoms. The van der Waals surface area contributed by atoms with Crippen LogP contribution in [0.15, 0.2) is 97.1 Å². The molecule has 2 heterocycles. The number of aliphatic carboxylic acids is 1. The number of hydrogen-bond acceptors (Lipinski definition) is 3. The number of hydrogen-bond donors (Lipinski definition) is 1. The highest BCUT2D eigenvalue weighted by molar-refractivity contribution is 6.42. The summed E-state index contributed by atoms with van der Waals surface area (Å²) >= 11 is 12.5. The Balaban J connectivity index is 1.33. The Morgan fingerprint density at radius 3 is 1.93 bits per heavy atom. The van der Waals surface area contributed by atoms with Gasteiger partial charge < -0.3 is 14.9 Å². The van der Waals surface area contributed by atoms with Crippen LogP contribution in [0.25, 0.3) is 12.2 Å². The number of fused-ring (bicyclic) bond motifs is 2. The van der Waals surface area contributed by atoms with Gasteiger partial charge in [-0.05, 0) is 46.5 Å². The Hall–Kier alpha value is -4.59. The Kier molecular flexibility index (Phi) is 7.93. The van der Waals surface area contributed by atoms with Crippen LogP contribution in [0.2, 0.25) is 10.0 Å². The largest absolute Gasteiger partial charge is 0.480 e. The summed E-state index contributed by atoms with van der Waals surface area (Å²) in [6.45, 7) is 0.0347. The molecule has 1 fully saturated rings. The number of piperazine rings is 1. The molecule has 2 aliphatic rings. The van der Waals surface area contributed by atoms with Crippen LogP contribution in [0.4, 0.5) is 16.2 Å². The summed E-state index contributed by atoms with van der Waals surface area (Å²) in [6, 6.07) is 27.6. The fourth-order valence-electron chi connectivity index (χ4n) is 5.73. The molecule has 0 radical (unpaired) electrons. The van der Waals surface area contributed by atoms with E-state index in [9.17, 15) is 19.5 Å². The maximum Gasteiger partial charge on any atom is 0.330 e. The van der Waals surface area contributed by atoms with E-state index >= 15 is 0 Å². The number of para-hydroxylation sites is 2. The molecule has 0 bridgehead atoms. The highest BCUT2D eigenvalue weighted by Gasteiger charge is 2.42. The zero-order chi connectivity index (χ0) is 30.1. The summed E-state index contributed by atoms with van der Waals surface area (Å²) in [5, 5.41) is 11.0. The summed E-state index contributed by atoms with van der Waals surface area (Å²) in [7, 11) is 0. The van der Waals surface area contributed by atoms with Gasteiger partial charge in [0.05, 0.1) is 33.9 Å². The van der Waals surface area contributed by atoms with Gasteiger partial charge in [0.25, 0.3) is 0 Å². The molecule has 2 aliphatic heterocycles. The summed E-state index contributed by atoms with van der Waals surface area (Å²) in [5.41, 5.74) is 4.35. The fraction of sp³-hybridized carbons (Fsp3) is 0.147. The van der Waals surface area contributed by atoms with Crippen LogP contribution in [0.3, 0.4) is 0 Å². The minimum atomic E-state index is -1.26. The lowest BCUT2D eigenvalue weighted by Crippen LogP contribution is -2.61. The first-order valence-corrected chi connectivity index (χ1v) is 14.6. The monoisotopic (exact) mass is 611 g/mol. The molecular weight excluding hydrogens is 585 g/mol. The Bertz CT molecular complexity index is 1690. The van der Waals surface area contributed by atoms with E-state index in [1.54, 1.807) is 23.1 Å². The number of rotatable bonds is 4. The van der Waals surface area contributed by atoms with Crippen molar-refractivity contribution in [1.82, 2.24) is 9.80 Å². The number of carbonyl (C=O) groups is 3. The van der Waals surface area contributed by atoms with Crippen LogP contribution in [-0.4, -0.2) is 58.5 Å². The summed E-state index contributed by atoms with van der Waals surface area (Å²) in [6.07, 6.45) is 3.89. The van der Waals surface area contributed by atoms with Gasteiger partial charge >= 0.3 is 12.0 Å². The molecule has 3 amide bonds. The van der Waals surface area contributed by atoms with E-state index in [1.807, 2.05) is 91.0 Å². The lowest BCUT2D eigenvalue weighted by Gasteiger charge is -2.42. The molecule has 2 atom stereocenters. The van der Waals surface area contributed by atoms with Crippen molar-refractivity contribution in [1.29, 1.82) is 0 Å². The Morgan fingerprint density at radius 1 is 0.721 bits per heavy atom. The van der Waals surface area contributed by atoms with Crippen molar-refractivity contribution in [2.24, 2.45) is 0 Å². The number of amides is 3. The lowest BCUT2D eigenvalue weighted by molar-refractivity contribution is -0.146. The van der Waals surface area contributed by atoms with Crippen LogP contribution in [0, 0.1) is 0 Å². The molecule has 0 saturated carbocycles. The van der Waals surface area contributed by atoms with E-state index in [4.69, 9.17) is 23.2 Å².